The maximum atomic E-state index is 12.7. The Labute approximate surface area is 163 Å². The van der Waals surface area contributed by atoms with Crippen molar-refractivity contribution in [2.45, 2.75) is 19.3 Å². The van der Waals surface area contributed by atoms with Gasteiger partial charge in [-0.2, -0.15) is 5.10 Å². The van der Waals surface area contributed by atoms with Gasteiger partial charge in [-0.05, 0) is 43.5 Å². The van der Waals surface area contributed by atoms with Crippen molar-refractivity contribution in [1.29, 1.82) is 0 Å². The number of aromatic nitrogens is 2. The molecule has 6 heteroatoms. The van der Waals surface area contributed by atoms with Gasteiger partial charge in [0, 0.05) is 29.9 Å². The molecule has 0 atom stereocenters. The van der Waals surface area contributed by atoms with Crippen LogP contribution in [-0.2, 0) is 12.8 Å². The number of fused-ring (bicyclic) bond motifs is 1. The van der Waals surface area contributed by atoms with Crippen LogP contribution in [0.25, 0.3) is 5.69 Å². The van der Waals surface area contributed by atoms with Crippen LogP contribution in [-0.4, -0.2) is 34.7 Å². The molecular formula is C22H22N4O2. The van der Waals surface area contributed by atoms with Crippen molar-refractivity contribution < 1.29 is 9.59 Å². The summed E-state index contributed by atoms with van der Waals surface area (Å²) in [6.07, 6.45) is 2.83. The molecular weight excluding hydrogens is 352 g/mol. The third kappa shape index (κ3) is 3.67. The first-order chi connectivity index (χ1) is 13.7. The van der Waals surface area contributed by atoms with Crippen molar-refractivity contribution in [2.24, 2.45) is 0 Å². The van der Waals surface area contributed by atoms with Gasteiger partial charge in [-0.25, -0.2) is 4.68 Å². The van der Waals surface area contributed by atoms with Crippen LogP contribution in [0.4, 0.5) is 0 Å². The first-order valence-corrected chi connectivity index (χ1v) is 9.51. The summed E-state index contributed by atoms with van der Waals surface area (Å²) in [6.45, 7) is 0.714. The molecule has 0 saturated heterocycles. The molecule has 2 N–H and O–H groups in total. The first-order valence-electron chi connectivity index (χ1n) is 9.51. The highest BCUT2D eigenvalue weighted by molar-refractivity contribution is 5.95. The molecule has 1 aliphatic carbocycles. The van der Waals surface area contributed by atoms with Gasteiger partial charge in [-0.1, -0.05) is 36.4 Å². The summed E-state index contributed by atoms with van der Waals surface area (Å²) in [5.74, 6) is -0.342. The fourth-order valence-electron chi connectivity index (χ4n) is 3.53. The molecule has 142 valence electrons. The predicted octanol–water partition coefficient (Wildman–Crippen LogP) is 2.52. The van der Waals surface area contributed by atoms with Crippen molar-refractivity contribution in [1.82, 2.24) is 20.4 Å². The molecule has 2 aromatic carbocycles. The zero-order chi connectivity index (χ0) is 19.3. The van der Waals surface area contributed by atoms with Crippen LogP contribution in [0, 0.1) is 0 Å². The third-order valence-electron chi connectivity index (χ3n) is 4.88. The zero-order valence-corrected chi connectivity index (χ0v) is 15.5. The quantitative estimate of drug-likeness (QED) is 0.651. The maximum absolute atomic E-state index is 12.7. The van der Waals surface area contributed by atoms with Gasteiger partial charge in [0.1, 0.15) is 0 Å². The molecule has 4 rings (SSSR count). The summed E-state index contributed by atoms with van der Waals surface area (Å²) < 4.78 is 1.88. The number of nitrogens with one attached hydrogen (secondary N) is 2. The number of benzene rings is 2. The average molecular weight is 374 g/mol. The third-order valence-corrected chi connectivity index (χ3v) is 4.88. The van der Waals surface area contributed by atoms with E-state index in [0.29, 0.717) is 24.3 Å². The molecule has 1 heterocycles. The minimum absolute atomic E-state index is 0.149. The maximum Gasteiger partial charge on any atom is 0.272 e. The molecule has 0 bridgehead atoms. The highest BCUT2D eigenvalue weighted by Gasteiger charge is 2.26. The van der Waals surface area contributed by atoms with E-state index in [4.69, 9.17) is 0 Å². The topological polar surface area (TPSA) is 76.0 Å². The van der Waals surface area contributed by atoms with E-state index >= 15 is 0 Å². The summed E-state index contributed by atoms with van der Waals surface area (Å²) in [7, 11) is 0. The van der Waals surface area contributed by atoms with Gasteiger partial charge in [0.2, 0.25) is 0 Å². The minimum Gasteiger partial charge on any atom is -0.350 e. The molecule has 0 fully saturated rings. The molecule has 0 saturated carbocycles. The largest absolute Gasteiger partial charge is 0.350 e. The predicted molar refractivity (Wildman–Crippen MR) is 107 cm³/mol. The monoisotopic (exact) mass is 374 g/mol. The molecule has 0 spiro atoms. The lowest BCUT2D eigenvalue weighted by molar-refractivity contribution is 0.0924. The van der Waals surface area contributed by atoms with E-state index in [1.165, 1.54) is 0 Å². The standard InChI is InChI=1S/C22H22N4O2/c27-21(16-8-3-1-4-9-16)23-14-15-24-22(28)20-18-12-7-13-19(18)26(25-20)17-10-5-2-6-11-17/h1-6,8-11H,7,12-15H2,(H,23,27)(H,24,28). The number of amides is 2. The molecule has 6 nitrogen and oxygen atoms in total. The van der Waals surface area contributed by atoms with Crippen LogP contribution in [0.5, 0.6) is 0 Å². The molecule has 2 amide bonds. The van der Waals surface area contributed by atoms with Crippen molar-refractivity contribution in [3.05, 3.63) is 83.2 Å². The Morgan fingerprint density at radius 3 is 2.21 bits per heavy atom. The molecule has 0 radical (unpaired) electrons. The second-order valence-electron chi connectivity index (χ2n) is 6.75. The lowest BCUT2D eigenvalue weighted by atomic mass is 10.2. The molecule has 28 heavy (non-hydrogen) atoms. The van der Waals surface area contributed by atoms with Crippen LogP contribution in [0.15, 0.2) is 60.7 Å². The number of hydrogen-bond acceptors (Lipinski definition) is 3. The van der Waals surface area contributed by atoms with Gasteiger partial charge < -0.3 is 10.6 Å². The van der Waals surface area contributed by atoms with Crippen LogP contribution in [0.1, 0.15) is 38.5 Å². The smallest absolute Gasteiger partial charge is 0.272 e. The number of nitrogens with zero attached hydrogens (tertiary/aromatic N) is 2. The number of para-hydroxylation sites is 1. The molecule has 3 aromatic rings. The lowest BCUT2D eigenvalue weighted by Gasteiger charge is -2.07. The van der Waals surface area contributed by atoms with Crippen LogP contribution >= 0.6 is 0 Å². The van der Waals surface area contributed by atoms with Crippen molar-refractivity contribution >= 4 is 11.8 Å². The number of carbonyl (C=O) groups excluding carboxylic acids is 2. The van der Waals surface area contributed by atoms with Gasteiger partial charge in [-0.3, -0.25) is 9.59 Å². The van der Waals surface area contributed by atoms with Crippen molar-refractivity contribution in [3.8, 4) is 5.69 Å². The van der Waals surface area contributed by atoms with Crippen LogP contribution in [0.2, 0.25) is 0 Å². The number of hydrogen-bond donors (Lipinski definition) is 2. The summed E-state index contributed by atoms with van der Waals surface area (Å²) >= 11 is 0. The lowest BCUT2D eigenvalue weighted by Crippen LogP contribution is -2.35. The minimum atomic E-state index is -0.193. The van der Waals surface area contributed by atoms with Crippen LogP contribution < -0.4 is 10.6 Å². The summed E-state index contributed by atoms with van der Waals surface area (Å²) in [5, 5.41) is 10.3. The van der Waals surface area contributed by atoms with E-state index in [9.17, 15) is 9.59 Å². The van der Waals surface area contributed by atoms with E-state index in [2.05, 4.69) is 15.7 Å². The Bertz CT molecular complexity index is 981. The Balaban J connectivity index is 1.38. The zero-order valence-electron chi connectivity index (χ0n) is 15.5. The van der Waals surface area contributed by atoms with Gasteiger partial charge in [0.05, 0.1) is 5.69 Å². The van der Waals surface area contributed by atoms with E-state index in [1.807, 2.05) is 53.2 Å². The van der Waals surface area contributed by atoms with Crippen molar-refractivity contribution in [3.63, 3.8) is 0 Å². The summed E-state index contributed by atoms with van der Waals surface area (Å²) in [4.78, 5) is 24.7. The normalized spacial score (nSPS) is 12.4. The average Bonchev–Trinajstić information content (AvgIpc) is 3.35. The van der Waals surface area contributed by atoms with Crippen LogP contribution in [0.3, 0.4) is 0 Å². The molecule has 1 aromatic heterocycles. The van der Waals surface area contributed by atoms with E-state index in [-0.39, 0.29) is 11.8 Å². The second-order valence-corrected chi connectivity index (χ2v) is 6.75. The van der Waals surface area contributed by atoms with E-state index in [1.54, 1.807) is 12.1 Å². The Kier molecular flexibility index (Phi) is 5.19. The molecule has 0 unspecified atom stereocenters. The highest BCUT2D eigenvalue weighted by atomic mass is 16.2. The SMILES string of the molecule is O=C(NCCNC(=O)c1nn(-c2ccccc2)c2c1CCC2)c1ccccc1. The first kappa shape index (κ1) is 18.0. The van der Waals surface area contributed by atoms with E-state index < -0.39 is 0 Å². The number of rotatable bonds is 6. The van der Waals surface area contributed by atoms with Crippen molar-refractivity contribution in [2.75, 3.05) is 13.1 Å². The van der Waals surface area contributed by atoms with Gasteiger partial charge in [-0.15, -0.1) is 0 Å². The fourth-order valence-corrected chi connectivity index (χ4v) is 3.53. The van der Waals surface area contributed by atoms with Gasteiger partial charge >= 0.3 is 0 Å². The van der Waals surface area contributed by atoms with Gasteiger partial charge in [0.25, 0.3) is 11.8 Å². The highest BCUT2D eigenvalue weighted by Crippen LogP contribution is 2.27. The molecule has 1 aliphatic rings. The van der Waals surface area contributed by atoms with Gasteiger partial charge in [0.15, 0.2) is 5.69 Å². The number of carbonyl (C=O) groups is 2. The Morgan fingerprint density at radius 2 is 1.50 bits per heavy atom. The molecule has 0 aliphatic heterocycles. The second kappa shape index (κ2) is 8.08. The summed E-state index contributed by atoms with van der Waals surface area (Å²) in [6, 6.07) is 18.9. The van der Waals surface area contributed by atoms with E-state index in [0.717, 1.165) is 36.2 Å². The fraction of sp³-hybridized carbons (Fsp3) is 0.227. The Hall–Kier alpha value is -3.41. The summed E-state index contributed by atoms with van der Waals surface area (Å²) in [5.41, 5.74) is 4.22. The Morgan fingerprint density at radius 1 is 0.857 bits per heavy atom.